The van der Waals surface area contributed by atoms with Gasteiger partial charge in [-0.15, -0.1) is 0 Å². The van der Waals surface area contributed by atoms with Crippen LogP contribution in [0.2, 0.25) is 0 Å². The number of benzene rings is 13. The molecule has 0 N–H and O–H groups in total. The zero-order valence-corrected chi connectivity index (χ0v) is 41.0. The van der Waals surface area contributed by atoms with Crippen molar-refractivity contribution in [1.82, 2.24) is 4.57 Å². The Morgan fingerprint density at radius 2 is 0.827 bits per heavy atom. The van der Waals surface area contributed by atoms with Crippen LogP contribution in [0.3, 0.4) is 0 Å². The molecule has 0 unspecified atom stereocenters. The molecule has 0 saturated heterocycles. The molecule has 75 heavy (non-hydrogen) atoms. The second-order valence-electron chi connectivity index (χ2n) is 20.3. The molecule has 13 aromatic carbocycles. The summed E-state index contributed by atoms with van der Waals surface area (Å²) in [6.45, 7) is 0. The molecule has 1 heterocycles. The van der Waals surface area contributed by atoms with E-state index in [1.165, 1.54) is 115 Å². The Bertz CT molecular complexity index is 4590. The van der Waals surface area contributed by atoms with E-state index in [1.54, 1.807) is 0 Å². The van der Waals surface area contributed by atoms with Gasteiger partial charge in [0.05, 0.1) is 22.1 Å². The average molecular weight is 951 g/mol. The Hall–Kier alpha value is -9.76. The second kappa shape index (κ2) is 16.1. The maximum absolute atomic E-state index is 2.50. The van der Waals surface area contributed by atoms with Gasteiger partial charge in [-0.1, -0.05) is 224 Å². The lowest BCUT2D eigenvalue weighted by Gasteiger charge is -2.32. The van der Waals surface area contributed by atoms with E-state index in [0.717, 1.165) is 28.3 Å². The van der Waals surface area contributed by atoms with Crippen molar-refractivity contribution >= 4 is 71.2 Å². The molecule has 16 rings (SSSR count). The Labute approximate surface area is 435 Å². The Morgan fingerprint density at radius 1 is 0.293 bits per heavy atom. The number of para-hydroxylation sites is 1. The Morgan fingerprint density at radius 3 is 1.55 bits per heavy atom. The van der Waals surface area contributed by atoms with Crippen LogP contribution in [-0.2, 0) is 5.41 Å². The van der Waals surface area contributed by atoms with Crippen LogP contribution in [0.4, 0.5) is 17.1 Å². The van der Waals surface area contributed by atoms with Crippen molar-refractivity contribution in [1.29, 1.82) is 0 Å². The normalized spacial score (nSPS) is 12.9. The van der Waals surface area contributed by atoms with Gasteiger partial charge in [-0.25, -0.2) is 0 Å². The van der Waals surface area contributed by atoms with Crippen molar-refractivity contribution in [3.8, 4) is 50.2 Å². The van der Waals surface area contributed by atoms with Crippen LogP contribution in [-0.4, -0.2) is 4.57 Å². The topological polar surface area (TPSA) is 8.17 Å². The van der Waals surface area contributed by atoms with Gasteiger partial charge in [-0.3, -0.25) is 0 Å². The number of hydrogen-bond donors (Lipinski definition) is 0. The van der Waals surface area contributed by atoms with Gasteiger partial charge in [-0.05, 0) is 143 Å². The zero-order chi connectivity index (χ0) is 49.2. The molecule has 0 bridgehead atoms. The average Bonchev–Trinajstić information content (AvgIpc) is 4.13. The molecule has 348 valence electrons. The van der Waals surface area contributed by atoms with Gasteiger partial charge < -0.3 is 9.47 Å². The van der Waals surface area contributed by atoms with Crippen LogP contribution in [0.15, 0.2) is 279 Å². The number of fused-ring (bicyclic) bond motifs is 18. The lowest BCUT2D eigenvalue weighted by Crippen LogP contribution is -2.26. The number of rotatable bonds is 6. The van der Waals surface area contributed by atoms with Crippen LogP contribution in [0.25, 0.3) is 104 Å². The van der Waals surface area contributed by atoms with E-state index >= 15 is 0 Å². The lowest BCUT2D eigenvalue weighted by atomic mass is 9.70. The van der Waals surface area contributed by atoms with E-state index < -0.39 is 5.41 Å². The molecule has 1 spiro atoms. The first-order valence-electron chi connectivity index (χ1n) is 26.1. The van der Waals surface area contributed by atoms with Crippen LogP contribution < -0.4 is 4.90 Å². The molecule has 0 aliphatic heterocycles. The summed E-state index contributed by atoms with van der Waals surface area (Å²) in [6, 6.07) is 104. The molecule has 0 atom stereocenters. The summed E-state index contributed by atoms with van der Waals surface area (Å²) in [4.78, 5) is 2.50. The lowest BCUT2D eigenvalue weighted by molar-refractivity contribution is 0.794. The van der Waals surface area contributed by atoms with Gasteiger partial charge in [0.1, 0.15) is 0 Å². The van der Waals surface area contributed by atoms with Crippen molar-refractivity contribution in [2.45, 2.75) is 5.41 Å². The summed E-state index contributed by atoms with van der Waals surface area (Å²) in [6.07, 6.45) is 0. The number of aromatic nitrogens is 1. The van der Waals surface area contributed by atoms with Crippen molar-refractivity contribution < 1.29 is 0 Å². The van der Waals surface area contributed by atoms with Gasteiger partial charge in [0, 0.05) is 38.8 Å². The summed E-state index contributed by atoms with van der Waals surface area (Å²) < 4.78 is 2.46. The van der Waals surface area contributed by atoms with Crippen molar-refractivity contribution in [3.63, 3.8) is 0 Å². The minimum absolute atomic E-state index is 0.460. The molecule has 2 aliphatic carbocycles. The number of anilines is 3. The summed E-state index contributed by atoms with van der Waals surface area (Å²) >= 11 is 0. The monoisotopic (exact) mass is 950 g/mol. The number of nitrogens with zero attached hydrogens (tertiary/aromatic N) is 2. The highest BCUT2D eigenvalue weighted by atomic mass is 15.1. The van der Waals surface area contributed by atoms with Gasteiger partial charge >= 0.3 is 0 Å². The summed E-state index contributed by atoms with van der Waals surface area (Å²) in [5.74, 6) is 0. The van der Waals surface area contributed by atoms with Crippen LogP contribution in [0, 0.1) is 0 Å². The first-order valence-corrected chi connectivity index (χ1v) is 26.1. The fourth-order valence-corrected chi connectivity index (χ4v) is 13.4. The summed E-state index contributed by atoms with van der Waals surface area (Å²) in [7, 11) is 0. The summed E-state index contributed by atoms with van der Waals surface area (Å²) in [5, 5.41) is 10.0. The first-order chi connectivity index (χ1) is 37.2. The van der Waals surface area contributed by atoms with E-state index in [2.05, 4.69) is 289 Å². The van der Waals surface area contributed by atoms with Crippen LogP contribution in [0.5, 0.6) is 0 Å². The predicted molar refractivity (Wildman–Crippen MR) is 315 cm³/mol. The molecule has 1 aromatic heterocycles. The van der Waals surface area contributed by atoms with Gasteiger partial charge in [0.15, 0.2) is 0 Å². The third kappa shape index (κ3) is 5.97. The smallest absolute Gasteiger partial charge is 0.0726 e. The zero-order valence-electron chi connectivity index (χ0n) is 41.0. The Kier molecular flexibility index (Phi) is 8.99. The SMILES string of the molecule is c1ccc(-n2c3cc(-c4ccc(N(c5ccc(-c6cc7ccccc7c7ccccc67)cc5)c5cccc6c5-c5ccccc5C65c6ccccc6-c6ccccc65)cc4)ccc3c3ccc4ccccc4c32)cc1. The molecule has 2 aliphatic rings. The van der Waals surface area contributed by atoms with Crippen molar-refractivity contribution in [3.05, 3.63) is 301 Å². The van der Waals surface area contributed by atoms with E-state index in [0.29, 0.717) is 0 Å². The van der Waals surface area contributed by atoms with Crippen molar-refractivity contribution in [2.24, 2.45) is 0 Å². The van der Waals surface area contributed by atoms with Gasteiger partial charge in [-0.2, -0.15) is 0 Å². The van der Waals surface area contributed by atoms with E-state index in [1.807, 2.05) is 0 Å². The maximum atomic E-state index is 2.50. The standard InChI is InChI=1S/C73H46N2/c1-2-19-52(20-3-1)75-70-46-50(38-43-61(70)62-44-37-48-17-4-7-22-56(48)72(62)75)47-33-39-53(40-34-47)74(54-41-35-49(36-42-54)64-45-51-18-5-6-21-55(51)57-23-8-9-24-58(57)64)69-32-16-31-68-71(69)63-27-12-15-30-67(63)73(68)65-28-13-10-25-59(65)60-26-11-14-29-66(60)73/h1-46H. The quantitative estimate of drug-likeness (QED) is 0.151. The molecule has 2 heteroatoms. The largest absolute Gasteiger partial charge is 0.310 e. The third-order valence-electron chi connectivity index (χ3n) is 16.6. The molecule has 14 aromatic rings. The van der Waals surface area contributed by atoms with Gasteiger partial charge in [0.2, 0.25) is 0 Å². The fraction of sp³-hybridized carbons (Fsp3) is 0.0137. The summed E-state index contributed by atoms with van der Waals surface area (Å²) in [5.41, 5.74) is 21.7. The Balaban J connectivity index is 0.890. The first kappa shape index (κ1) is 41.8. The second-order valence-corrected chi connectivity index (χ2v) is 20.3. The van der Waals surface area contributed by atoms with Gasteiger partial charge in [0.25, 0.3) is 0 Å². The highest BCUT2D eigenvalue weighted by Crippen LogP contribution is 2.64. The highest BCUT2D eigenvalue weighted by molar-refractivity contribution is 6.19. The predicted octanol–water partition coefficient (Wildman–Crippen LogP) is 19.4. The molecule has 2 nitrogen and oxygen atoms in total. The molecule has 0 saturated carbocycles. The highest BCUT2D eigenvalue weighted by Gasteiger charge is 2.52. The molecule has 0 radical (unpaired) electrons. The minimum atomic E-state index is -0.460. The van der Waals surface area contributed by atoms with Crippen LogP contribution in [0.1, 0.15) is 22.3 Å². The molecular weight excluding hydrogens is 905 g/mol. The van der Waals surface area contributed by atoms with E-state index in [4.69, 9.17) is 0 Å². The maximum Gasteiger partial charge on any atom is 0.0726 e. The molecular formula is C73H46N2. The van der Waals surface area contributed by atoms with Crippen molar-refractivity contribution in [2.75, 3.05) is 4.90 Å². The van der Waals surface area contributed by atoms with E-state index in [-0.39, 0.29) is 0 Å². The fourth-order valence-electron chi connectivity index (χ4n) is 13.4. The number of hydrogen-bond acceptors (Lipinski definition) is 1. The van der Waals surface area contributed by atoms with E-state index in [9.17, 15) is 0 Å². The molecule has 0 fully saturated rings. The third-order valence-corrected chi connectivity index (χ3v) is 16.6. The van der Waals surface area contributed by atoms with Crippen LogP contribution >= 0.6 is 0 Å². The molecule has 0 amide bonds. The minimum Gasteiger partial charge on any atom is -0.310 e.